The molecule has 1 aromatic heterocycles. The normalized spacial score (nSPS) is 15.7. The van der Waals surface area contributed by atoms with E-state index in [1.807, 2.05) is 30.3 Å². The molecule has 8 heteroatoms. The van der Waals surface area contributed by atoms with Crippen LogP contribution in [0.2, 0.25) is 0 Å². The van der Waals surface area contributed by atoms with Crippen molar-refractivity contribution in [3.05, 3.63) is 35.8 Å². The molecular formula is C20H22N4O4. The summed E-state index contributed by atoms with van der Waals surface area (Å²) < 4.78 is 6.78. The summed E-state index contributed by atoms with van der Waals surface area (Å²) in [5.41, 5.74) is 1.45. The second kappa shape index (κ2) is 8.57. The van der Waals surface area contributed by atoms with E-state index in [0.717, 1.165) is 24.8 Å². The number of aliphatic hydroxyl groups is 1. The van der Waals surface area contributed by atoms with Crippen molar-refractivity contribution in [1.29, 1.82) is 5.26 Å². The fraction of sp³-hybridized carbons (Fsp3) is 0.400. The maximum absolute atomic E-state index is 12.1. The van der Waals surface area contributed by atoms with Crippen LogP contribution in [0.3, 0.4) is 0 Å². The smallest absolute Gasteiger partial charge is 0.326 e. The fourth-order valence-electron chi connectivity index (χ4n) is 3.24. The van der Waals surface area contributed by atoms with Gasteiger partial charge in [0.1, 0.15) is 24.8 Å². The number of hydrogen-bond donors (Lipinski definition) is 1. The summed E-state index contributed by atoms with van der Waals surface area (Å²) in [5.74, 6) is -0.771. The third kappa shape index (κ3) is 4.14. The molecule has 146 valence electrons. The highest BCUT2D eigenvalue weighted by Gasteiger charge is 2.21. The third-order valence-electron chi connectivity index (χ3n) is 4.77. The van der Waals surface area contributed by atoms with Crippen molar-refractivity contribution in [2.75, 3.05) is 19.7 Å². The maximum atomic E-state index is 12.1. The number of nitriles is 1. The minimum absolute atomic E-state index is 0.0580. The first-order valence-electron chi connectivity index (χ1n) is 9.18. The van der Waals surface area contributed by atoms with E-state index >= 15 is 0 Å². The van der Waals surface area contributed by atoms with Crippen LogP contribution in [0, 0.1) is 11.3 Å². The SMILES string of the molecule is Cn1c(/C(C#N)=C(\O)COC(=O)CN2CCCCCC2=O)nc2ccccc21. The number of esters is 1. The van der Waals surface area contributed by atoms with E-state index in [-0.39, 0.29) is 23.8 Å². The summed E-state index contributed by atoms with van der Waals surface area (Å²) in [6, 6.07) is 9.29. The number of hydrogen-bond acceptors (Lipinski definition) is 6. The van der Waals surface area contributed by atoms with Crippen molar-refractivity contribution in [1.82, 2.24) is 14.5 Å². The molecule has 1 aromatic carbocycles. The lowest BCUT2D eigenvalue weighted by molar-refractivity contribution is -0.148. The Balaban J connectivity index is 1.70. The van der Waals surface area contributed by atoms with Gasteiger partial charge in [0, 0.05) is 20.0 Å². The molecule has 0 radical (unpaired) electrons. The predicted octanol–water partition coefficient (Wildman–Crippen LogP) is 2.31. The summed E-state index contributed by atoms with van der Waals surface area (Å²) in [6.07, 6.45) is 3.08. The molecule has 0 spiro atoms. The number of carbonyl (C=O) groups is 2. The molecule has 1 saturated heterocycles. The Kier molecular flexibility index (Phi) is 5.94. The summed E-state index contributed by atoms with van der Waals surface area (Å²) in [5, 5.41) is 19.8. The summed E-state index contributed by atoms with van der Waals surface area (Å²) >= 11 is 0. The Labute approximate surface area is 162 Å². The number of rotatable bonds is 5. The quantitative estimate of drug-likeness (QED) is 0.483. The van der Waals surface area contributed by atoms with Gasteiger partial charge in [-0.05, 0) is 25.0 Å². The van der Waals surface area contributed by atoms with Gasteiger partial charge in [-0.2, -0.15) is 5.26 Å². The molecule has 0 bridgehead atoms. The number of allylic oxidation sites excluding steroid dienone is 1. The van der Waals surface area contributed by atoms with Gasteiger partial charge in [-0.25, -0.2) is 4.98 Å². The Morgan fingerprint density at radius 3 is 2.86 bits per heavy atom. The second-order valence-electron chi connectivity index (χ2n) is 6.70. The first-order chi connectivity index (χ1) is 13.5. The molecule has 0 atom stereocenters. The van der Waals surface area contributed by atoms with Crippen molar-refractivity contribution in [3.8, 4) is 6.07 Å². The van der Waals surface area contributed by atoms with Gasteiger partial charge in [0.25, 0.3) is 0 Å². The number of nitrogens with zero attached hydrogens (tertiary/aromatic N) is 4. The van der Waals surface area contributed by atoms with Crippen molar-refractivity contribution in [2.45, 2.75) is 25.7 Å². The molecule has 1 aliphatic heterocycles. The van der Waals surface area contributed by atoms with E-state index < -0.39 is 12.6 Å². The van der Waals surface area contributed by atoms with Gasteiger partial charge in [-0.15, -0.1) is 0 Å². The van der Waals surface area contributed by atoms with E-state index in [9.17, 15) is 20.0 Å². The first-order valence-corrected chi connectivity index (χ1v) is 9.18. The highest BCUT2D eigenvalue weighted by Crippen LogP contribution is 2.22. The Morgan fingerprint density at radius 1 is 1.32 bits per heavy atom. The number of fused-ring (bicyclic) bond motifs is 1. The van der Waals surface area contributed by atoms with Gasteiger partial charge in [-0.1, -0.05) is 18.6 Å². The maximum Gasteiger partial charge on any atom is 0.326 e. The van der Waals surface area contributed by atoms with Crippen LogP contribution < -0.4 is 0 Å². The lowest BCUT2D eigenvalue weighted by Crippen LogP contribution is -2.36. The first kappa shape index (κ1) is 19.4. The van der Waals surface area contributed by atoms with E-state index in [2.05, 4.69) is 4.98 Å². The number of imidazole rings is 1. The van der Waals surface area contributed by atoms with Gasteiger partial charge in [0.15, 0.2) is 11.6 Å². The zero-order chi connectivity index (χ0) is 20.1. The van der Waals surface area contributed by atoms with E-state index in [0.29, 0.717) is 24.3 Å². The molecule has 0 saturated carbocycles. The number of ether oxygens (including phenoxy) is 1. The Morgan fingerprint density at radius 2 is 2.11 bits per heavy atom. The Hall–Kier alpha value is -3.34. The number of likely N-dealkylation sites (tertiary alicyclic amines) is 1. The lowest BCUT2D eigenvalue weighted by Gasteiger charge is -2.19. The molecule has 0 unspecified atom stereocenters. The van der Waals surface area contributed by atoms with Crippen LogP contribution in [0.4, 0.5) is 0 Å². The van der Waals surface area contributed by atoms with Crippen LogP contribution in [0.1, 0.15) is 31.5 Å². The van der Waals surface area contributed by atoms with Crippen molar-refractivity contribution in [2.24, 2.45) is 7.05 Å². The average molecular weight is 382 g/mol. The largest absolute Gasteiger partial charge is 0.507 e. The molecule has 1 aliphatic rings. The van der Waals surface area contributed by atoms with Gasteiger partial charge in [-0.3, -0.25) is 9.59 Å². The molecule has 2 aromatic rings. The number of aryl methyl sites for hydroxylation is 1. The number of carbonyl (C=O) groups excluding carboxylic acids is 2. The van der Waals surface area contributed by atoms with Crippen molar-refractivity contribution < 1.29 is 19.4 Å². The molecular weight excluding hydrogens is 360 g/mol. The number of amides is 1. The number of aromatic nitrogens is 2. The van der Waals surface area contributed by atoms with Crippen molar-refractivity contribution >= 4 is 28.5 Å². The topological polar surface area (TPSA) is 108 Å². The zero-order valence-corrected chi connectivity index (χ0v) is 15.7. The Bertz CT molecular complexity index is 970. The van der Waals surface area contributed by atoms with Crippen LogP contribution in [0.15, 0.2) is 30.0 Å². The average Bonchev–Trinajstić information content (AvgIpc) is 2.88. The van der Waals surface area contributed by atoms with Gasteiger partial charge in [0.05, 0.1) is 11.0 Å². The van der Waals surface area contributed by atoms with Gasteiger partial charge < -0.3 is 19.3 Å². The van der Waals surface area contributed by atoms with E-state index in [1.54, 1.807) is 11.6 Å². The summed E-state index contributed by atoms with van der Waals surface area (Å²) in [7, 11) is 1.74. The minimum atomic E-state index is -0.621. The molecule has 8 nitrogen and oxygen atoms in total. The summed E-state index contributed by atoms with van der Waals surface area (Å²) in [4.78, 5) is 29.9. The standard InChI is InChI=1S/C20H22N4O4/c1-23-16-8-5-4-7-15(16)22-20(23)14(11-21)17(25)13-28-19(27)12-24-10-6-2-3-9-18(24)26/h4-5,7-8,25H,2-3,6,9-10,12-13H2,1H3/b17-14-. The van der Waals surface area contributed by atoms with E-state index in [4.69, 9.17) is 4.74 Å². The van der Waals surface area contributed by atoms with Crippen LogP contribution in [0.5, 0.6) is 0 Å². The van der Waals surface area contributed by atoms with Gasteiger partial charge in [0.2, 0.25) is 5.91 Å². The molecule has 1 amide bonds. The van der Waals surface area contributed by atoms with Crippen LogP contribution in [-0.2, 0) is 21.4 Å². The number of aliphatic hydroxyl groups excluding tert-OH is 1. The molecule has 0 aliphatic carbocycles. The lowest BCUT2D eigenvalue weighted by atomic mass is 10.2. The van der Waals surface area contributed by atoms with Crippen molar-refractivity contribution in [3.63, 3.8) is 0 Å². The molecule has 1 N–H and O–H groups in total. The predicted molar refractivity (Wildman–Crippen MR) is 102 cm³/mol. The number of benzene rings is 1. The highest BCUT2D eigenvalue weighted by atomic mass is 16.5. The molecule has 1 fully saturated rings. The van der Waals surface area contributed by atoms with E-state index in [1.165, 1.54) is 4.90 Å². The monoisotopic (exact) mass is 382 g/mol. The molecule has 28 heavy (non-hydrogen) atoms. The van der Waals surface area contributed by atoms with Crippen LogP contribution in [0.25, 0.3) is 16.6 Å². The summed E-state index contributed by atoms with van der Waals surface area (Å²) in [6.45, 7) is -0.0771. The van der Waals surface area contributed by atoms with Gasteiger partial charge >= 0.3 is 5.97 Å². The van der Waals surface area contributed by atoms with Crippen LogP contribution >= 0.6 is 0 Å². The third-order valence-corrected chi connectivity index (χ3v) is 4.77. The van der Waals surface area contributed by atoms with Crippen LogP contribution in [-0.4, -0.2) is 51.1 Å². The second-order valence-corrected chi connectivity index (χ2v) is 6.70. The zero-order valence-electron chi connectivity index (χ0n) is 15.7. The highest BCUT2D eigenvalue weighted by molar-refractivity contribution is 5.84. The molecule has 3 rings (SSSR count). The minimum Gasteiger partial charge on any atom is -0.507 e. The fourth-order valence-corrected chi connectivity index (χ4v) is 3.24. The number of para-hydroxylation sites is 2. The molecule has 2 heterocycles.